The molecule has 1 rings (SSSR count). The lowest BCUT2D eigenvalue weighted by Crippen LogP contribution is -2.48. The van der Waals surface area contributed by atoms with Crippen molar-refractivity contribution in [3.8, 4) is 0 Å². The van der Waals surface area contributed by atoms with Crippen LogP contribution >= 0.6 is 11.6 Å². The van der Waals surface area contributed by atoms with E-state index in [9.17, 15) is 0 Å². The van der Waals surface area contributed by atoms with Crippen molar-refractivity contribution in [3.63, 3.8) is 0 Å². The first kappa shape index (κ1) is 13.3. The molecule has 0 aliphatic carbocycles. The van der Waals surface area contributed by atoms with Crippen molar-refractivity contribution in [1.82, 2.24) is 0 Å². The van der Waals surface area contributed by atoms with Gasteiger partial charge in [-0.2, -0.15) is 0 Å². The molecule has 0 bridgehead atoms. The Bertz CT molecular complexity index is 317. The molecule has 0 aromatic heterocycles. The van der Waals surface area contributed by atoms with Gasteiger partial charge in [0.1, 0.15) is 0 Å². The summed E-state index contributed by atoms with van der Waals surface area (Å²) in [7, 11) is 0. The number of benzene rings is 1. The summed E-state index contributed by atoms with van der Waals surface area (Å²) >= 11 is 6.63. The highest BCUT2D eigenvalue weighted by atomic mass is 35.5. The molecule has 88 valence electrons. The lowest BCUT2D eigenvalue weighted by Gasteiger charge is -2.40. The Kier molecular flexibility index (Phi) is 5.04. The summed E-state index contributed by atoms with van der Waals surface area (Å²) in [4.78, 5) is 0. The maximum absolute atomic E-state index is 6.63. The van der Waals surface area contributed by atoms with Crippen LogP contribution in [0.15, 0.2) is 43.0 Å². The molecular weight excluding hydrogens is 218 g/mol. The van der Waals surface area contributed by atoms with E-state index in [0.717, 1.165) is 24.1 Å². The Morgan fingerprint density at radius 2 is 1.81 bits per heavy atom. The smallest absolute Gasteiger partial charge is 0.191 e. The van der Waals surface area contributed by atoms with Gasteiger partial charge in [0.05, 0.1) is 19.6 Å². The summed E-state index contributed by atoms with van der Waals surface area (Å²) < 4.78 is 0.856. The molecule has 0 fully saturated rings. The number of nitrogens with zero attached hydrogens (tertiary/aromatic N) is 1. The molecule has 1 atom stereocenters. The Labute approximate surface area is 104 Å². The molecule has 1 unspecified atom stereocenters. The Morgan fingerprint density at radius 1 is 1.25 bits per heavy atom. The van der Waals surface area contributed by atoms with Crippen molar-refractivity contribution in [1.29, 1.82) is 0 Å². The van der Waals surface area contributed by atoms with Crippen LogP contribution in [0.4, 0.5) is 0 Å². The summed E-state index contributed by atoms with van der Waals surface area (Å²) in [6, 6.07) is 10.3. The van der Waals surface area contributed by atoms with Gasteiger partial charge in [0, 0.05) is 5.56 Å². The van der Waals surface area contributed by atoms with E-state index in [1.807, 2.05) is 24.3 Å². The third kappa shape index (κ3) is 2.66. The van der Waals surface area contributed by atoms with Crippen molar-refractivity contribution in [2.45, 2.75) is 19.3 Å². The van der Waals surface area contributed by atoms with Gasteiger partial charge in [-0.3, -0.25) is 0 Å². The second-order valence-electron chi connectivity index (χ2n) is 4.07. The summed E-state index contributed by atoms with van der Waals surface area (Å²) in [6.07, 6.45) is 1.96. The number of hydrogen-bond donors (Lipinski definition) is 0. The van der Waals surface area contributed by atoms with Crippen LogP contribution in [0.1, 0.15) is 24.9 Å². The molecule has 0 N–H and O–H groups in total. The van der Waals surface area contributed by atoms with E-state index in [1.54, 1.807) is 0 Å². The summed E-state index contributed by atoms with van der Waals surface area (Å²) in [5, 5.41) is 0. The van der Waals surface area contributed by atoms with Crippen molar-refractivity contribution in [3.05, 3.63) is 48.6 Å². The molecule has 0 saturated heterocycles. The standard InChI is InChI=1S/C14H21ClN/c1-4-12-16(5-2,6-3)14(15)13-10-8-7-9-11-13/h4,7-11,14H,1,5-6,12H2,2-3H3/q+1. The number of alkyl halides is 1. The predicted molar refractivity (Wildman–Crippen MR) is 71.4 cm³/mol. The molecule has 1 aromatic carbocycles. The fraction of sp³-hybridized carbons (Fsp3) is 0.429. The normalized spacial score (nSPS) is 13.4. The number of rotatable bonds is 6. The molecule has 0 amide bonds. The van der Waals surface area contributed by atoms with E-state index in [4.69, 9.17) is 11.6 Å². The number of likely N-dealkylation sites (N-methyl/N-ethyl adjacent to an activating group) is 1. The first-order valence-corrected chi connectivity index (χ1v) is 6.29. The molecule has 0 radical (unpaired) electrons. The van der Waals surface area contributed by atoms with Crippen LogP contribution in [0, 0.1) is 0 Å². The zero-order valence-electron chi connectivity index (χ0n) is 10.2. The summed E-state index contributed by atoms with van der Waals surface area (Å²) in [5.74, 6) is 0. The van der Waals surface area contributed by atoms with E-state index in [0.29, 0.717) is 0 Å². The molecule has 1 nitrogen and oxygen atoms in total. The zero-order valence-corrected chi connectivity index (χ0v) is 11.0. The first-order chi connectivity index (χ1) is 7.70. The lowest BCUT2D eigenvalue weighted by atomic mass is 10.1. The monoisotopic (exact) mass is 238 g/mol. The van der Waals surface area contributed by atoms with Crippen LogP contribution in [0.5, 0.6) is 0 Å². The van der Waals surface area contributed by atoms with Gasteiger partial charge in [-0.15, -0.1) is 0 Å². The van der Waals surface area contributed by atoms with Crippen molar-refractivity contribution < 1.29 is 4.48 Å². The third-order valence-electron chi connectivity index (χ3n) is 3.31. The van der Waals surface area contributed by atoms with Gasteiger partial charge in [-0.25, -0.2) is 0 Å². The highest BCUT2D eigenvalue weighted by Crippen LogP contribution is 2.32. The number of quaternary nitrogens is 1. The highest BCUT2D eigenvalue weighted by molar-refractivity contribution is 6.19. The molecule has 0 spiro atoms. The molecule has 0 saturated carbocycles. The summed E-state index contributed by atoms with van der Waals surface area (Å²) in [6.45, 7) is 11.2. The van der Waals surface area contributed by atoms with Crippen LogP contribution in [0.2, 0.25) is 0 Å². The quantitative estimate of drug-likeness (QED) is 0.305. The minimum atomic E-state index is 0.00852. The Morgan fingerprint density at radius 3 is 2.25 bits per heavy atom. The van der Waals surface area contributed by atoms with Gasteiger partial charge in [-0.1, -0.05) is 48.5 Å². The van der Waals surface area contributed by atoms with Gasteiger partial charge in [0.15, 0.2) is 5.50 Å². The molecule has 0 aliphatic rings. The minimum absolute atomic E-state index is 0.00852. The van der Waals surface area contributed by atoms with Gasteiger partial charge in [-0.05, 0) is 19.9 Å². The van der Waals surface area contributed by atoms with Crippen molar-refractivity contribution in [2.75, 3.05) is 19.6 Å². The largest absolute Gasteiger partial charge is 0.302 e. The third-order valence-corrected chi connectivity index (χ3v) is 3.97. The Balaban J connectivity index is 2.99. The highest BCUT2D eigenvalue weighted by Gasteiger charge is 2.32. The van der Waals surface area contributed by atoms with E-state index < -0.39 is 0 Å². The minimum Gasteiger partial charge on any atom is -0.302 e. The van der Waals surface area contributed by atoms with Crippen LogP contribution < -0.4 is 0 Å². The average Bonchev–Trinajstić information content (AvgIpc) is 2.36. The number of hydrogen-bond acceptors (Lipinski definition) is 0. The zero-order chi connectivity index (χ0) is 12.0. The fourth-order valence-electron chi connectivity index (χ4n) is 2.08. The van der Waals surface area contributed by atoms with E-state index in [1.165, 1.54) is 5.56 Å². The SMILES string of the molecule is C=CC[N+](CC)(CC)C(Cl)c1ccccc1. The summed E-state index contributed by atoms with van der Waals surface area (Å²) in [5.41, 5.74) is 1.20. The van der Waals surface area contributed by atoms with Crippen LogP contribution in [-0.4, -0.2) is 24.1 Å². The van der Waals surface area contributed by atoms with Gasteiger partial charge in [0.25, 0.3) is 0 Å². The maximum atomic E-state index is 6.63. The molecule has 1 aromatic rings. The van der Waals surface area contributed by atoms with Crippen molar-refractivity contribution in [2.24, 2.45) is 0 Å². The Hall–Kier alpha value is -0.790. The van der Waals surface area contributed by atoms with Gasteiger partial charge >= 0.3 is 0 Å². The molecule has 0 aliphatic heterocycles. The lowest BCUT2D eigenvalue weighted by molar-refractivity contribution is -0.936. The van der Waals surface area contributed by atoms with E-state index in [2.05, 4.69) is 32.6 Å². The van der Waals surface area contributed by atoms with E-state index in [-0.39, 0.29) is 5.50 Å². The van der Waals surface area contributed by atoms with Crippen LogP contribution in [-0.2, 0) is 0 Å². The van der Waals surface area contributed by atoms with Crippen LogP contribution in [0.25, 0.3) is 0 Å². The van der Waals surface area contributed by atoms with Crippen molar-refractivity contribution >= 4 is 11.6 Å². The molecular formula is C14H21ClN+. The predicted octanol–water partition coefficient (Wildman–Crippen LogP) is 3.97. The molecule has 16 heavy (non-hydrogen) atoms. The topological polar surface area (TPSA) is 0 Å². The maximum Gasteiger partial charge on any atom is 0.191 e. The molecule has 2 heteroatoms. The fourth-order valence-corrected chi connectivity index (χ4v) is 2.58. The average molecular weight is 239 g/mol. The first-order valence-electron chi connectivity index (χ1n) is 5.86. The van der Waals surface area contributed by atoms with E-state index >= 15 is 0 Å². The van der Waals surface area contributed by atoms with Gasteiger partial charge < -0.3 is 4.48 Å². The van der Waals surface area contributed by atoms with Gasteiger partial charge in [0.2, 0.25) is 0 Å². The second kappa shape index (κ2) is 6.07. The second-order valence-corrected chi connectivity index (χ2v) is 4.48. The van der Waals surface area contributed by atoms with Crippen LogP contribution in [0.3, 0.4) is 0 Å². The molecule has 0 heterocycles. The number of halogens is 1.